The highest BCUT2D eigenvalue weighted by Gasteiger charge is 2.17. The van der Waals surface area contributed by atoms with Gasteiger partial charge >= 0.3 is 0 Å². The van der Waals surface area contributed by atoms with Gasteiger partial charge in [0.15, 0.2) is 0 Å². The first-order chi connectivity index (χ1) is 10.1. The minimum Gasteiger partial charge on any atom is -0.492 e. The lowest BCUT2D eigenvalue weighted by Crippen LogP contribution is -2.19. The van der Waals surface area contributed by atoms with E-state index in [2.05, 4.69) is 15.5 Å². The highest BCUT2D eigenvalue weighted by Crippen LogP contribution is 2.17. The number of nitrogens with one attached hydrogen (secondary N) is 2. The molecule has 5 heteroatoms. The number of nitrogens with zero attached hydrogens (tertiary/aromatic N) is 1. The van der Waals surface area contributed by atoms with Crippen molar-refractivity contribution in [3.05, 3.63) is 24.3 Å². The van der Waals surface area contributed by atoms with Crippen molar-refractivity contribution in [3.63, 3.8) is 0 Å². The summed E-state index contributed by atoms with van der Waals surface area (Å²) in [4.78, 5) is 14.0. The predicted octanol–water partition coefficient (Wildman–Crippen LogP) is 1.57. The average molecular weight is 291 g/mol. The topological polar surface area (TPSA) is 53.6 Å². The maximum atomic E-state index is 11.9. The highest BCUT2D eigenvalue weighted by atomic mass is 16.5. The third kappa shape index (κ3) is 5.73. The SMILES string of the molecule is CN(C)CCOc1ccc(NC(=O)CC2CCNC2)cc1. The van der Waals surface area contributed by atoms with E-state index in [1.54, 1.807) is 0 Å². The second kappa shape index (κ2) is 8.00. The monoisotopic (exact) mass is 291 g/mol. The van der Waals surface area contributed by atoms with E-state index < -0.39 is 0 Å². The van der Waals surface area contributed by atoms with Crippen LogP contribution < -0.4 is 15.4 Å². The molecule has 1 saturated heterocycles. The molecule has 1 aliphatic heterocycles. The van der Waals surface area contributed by atoms with Gasteiger partial charge in [0.2, 0.25) is 5.91 Å². The fourth-order valence-corrected chi connectivity index (χ4v) is 2.34. The Hall–Kier alpha value is -1.59. The molecule has 1 fully saturated rings. The van der Waals surface area contributed by atoms with E-state index in [9.17, 15) is 4.79 Å². The van der Waals surface area contributed by atoms with Crippen LogP contribution in [0.5, 0.6) is 5.75 Å². The number of carbonyl (C=O) groups excluding carboxylic acids is 1. The minimum atomic E-state index is 0.0879. The van der Waals surface area contributed by atoms with Gasteiger partial charge in [-0.3, -0.25) is 4.79 Å². The third-order valence-electron chi connectivity index (χ3n) is 3.58. The van der Waals surface area contributed by atoms with E-state index in [-0.39, 0.29) is 5.91 Å². The molecule has 1 unspecified atom stereocenters. The molecule has 0 saturated carbocycles. The molecule has 0 aromatic heterocycles. The number of benzene rings is 1. The summed E-state index contributed by atoms with van der Waals surface area (Å²) in [7, 11) is 4.03. The molecule has 2 rings (SSSR count). The van der Waals surface area contributed by atoms with Crippen LogP contribution in [-0.4, -0.2) is 51.1 Å². The smallest absolute Gasteiger partial charge is 0.224 e. The Labute approximate surface area is 126 Å². The first-order valence-corrected chi connectivity index (χ1v) is 7.51. The van der Waals surface area contributed by atoms with Crippen LogP contribution in [0.4, 0.5) is 5.69 Å². The lowest BCUT2D eigenvalue weighted by Gasteiger charge is -2.12. The normalized spacial score (nSPS) is 18.0. The van der Waals surface area contributed by atoms with Crippen LogP contribution in [0.15, 0.2) is 24.3 Å². The third-order valence-corrected chi connectivity index (χ3v) is 3.58. The van der Waals surface area contributed by atoms with Gasteiger partial charge in [-0.2, -0.15) is 0 Å². The number of hydrogen-bond acceptors (Lipinski definition) is 4. The zero-order valence-electron chi connectivity index (χ0n) is 12.9. The van der Waals surface area contributed by atoms with Gasteiger partial charge in [0.05, 0.1) is 0 Å². The fourth-order valence-electron chi connectivity index (χ4n) is 2.34. The molecule has 1 atom stereocenters. The Morgan fingerprint density at radius 1 is 1.38 bits per heavy atom. The van der Waals surface area contributed by atoms with Crippen LogP contribution >= 0.6 is 0 Å². The molecule has 0 radical (unpaired) electrons. The Morgan fingerprint density at radius 2 is 2.14 bits per heavy atom. The molecule has 1 aliphatic rings. The minimum absolute atomic E-state index is 0.0879. The first-order valence-electron chi connectivity index (χ1n) is 7.51. The second-order valence-electron chi connectivity index (χ2n) is 5.79. The fraction of sp³-hybridized carbons (Fsp3) is 0.562. The first kappa shape index (κ1) is 15.8. The summed E-state index contributed by atoms with van der Waals surface area (Å²) in [6.45, 7) is 3.52. The number of carbonyl (C=O) groups is 1. The van der Waals surface area contributed by atoms with E-state index >= 15 is 0 Å². The van der Waals surface area contributed by atoms with E-state index in [0.29, 0.717) is 18.9 Å². The summed E-state index contributed by atoms with van der Waals surface area (Å²) in [5.41, 5.74) is 0.825. The molecule has 116 valence electrons. The van der Waals surface area contributed by atoms with Crippen molar-refractivity contribution in [2.75, 3.05) is 45.7 Å². The second-order valence-corrected chi connectivity index (χ2v) is 5.79. The van der Waals surface area contributed by atoms with Crippen LogP contribution in [0, 0.1) is 5.92 Å². The summed E-state index contributed by atoms with van der Waals surface area (Å²) >= 11 is 0. The molecule has 21 heavy (non-hydrogen) atoms. The van der Waals surface area contributed by atoms with Gasteiger partial charge in [-0.15, -0.1) is 0 Å². The van der Waals surface area contributed by atoms with Crippen LogP contribution in [-0.2, 0) is 4.79 Å². The molecule has 0 bridgehead atoms. The van der Waals surface area contributed by atoms with Crippen molar-refractivity contribution in [2.24, 2.45) is 5.92 Å². The summed E-state index contributed by atoms with van der Waals surface area (Å²) in [6.07, 6.45) is 1.68. The Balaban J connectivity index is 1.74. The summed E-state index contributed by atoms with van der Waals surface area (Å²) in [5.74, 6) is 1.39. The van der Waals surface area contributed by atoms with Gasteiger partial charge in [-0.05, 0) is 63.8 Å². The average Bonchev–Trinajstić information content (AvgIpc) is 2.93. The molecule has 1 heterocycles. The quantitative estimate of drug-likeness (QED) is 0.800. The van der Waals surface area contributed by atoms with Gasteiger partial charge in [-0.25, -0.2) is 0 Å². The number of amides is 1. The number of hydrogen-bond donors (Lipinski definition) is 2. The number of likely N-dealkylation sites (N-methyl/N-ethyl adjacent to an activating group) is 1. The van der Waals surface area contributed by atoms with E-state index in [1.807, 2.05) is 38.4 Å². The zero-order chi connectivity index (χ0) is 15.1. The Bertz CT molecular complexity index is 439. The maximum absolute atomic E-state index is 11.9. The van der Waals surface area contributed by atoms with Gasteiger partial charge in [0.25, 0.3) is 0 Å². The van der Waals surface area contributed by atoms with Crippen molar-refractivity contribution >= 4 is 11.6 Å². The molecule has 2 N–H and O–H groups in total. The lowest BCUT2D eigenvalue weighted by atomic mass is 10.0. The number of rotatable bonds is 7. The molecular formula is C16H25N3O2. The summed E-state index contributed by atoms with van der Waals surface area (Å²) < 4.78 is 5.62. The van der Waals surface area contributed by atoms with Crippen molar-refractivity contribution in [3.8, 4) is 5.75 Å². The largest absolute Gasteiger partial charge is 0.492 e. The van der Waals surface area contributed by atoms with E-state index in [4.69, 9.17) is 4.74 Å². The van der Waals surface area contributed by atoms with E-state index in [0.717, 1.165) is 37.5 Å². The van der Waals surface area contributed by atoms with Crippen molar-refractivity contribution in [1.29, 1.82) is 0 Å². The van der Waals surface area contributed by atoms with Crippen LogP contribution in [0.25, 0.3) is 0 Å². The van der Waals surface area contributed by atoms with Gasteiger partial charge in [0.1, 0.15) is 12.4 Å². The molecular weight excluding hydrogens is 266 g/mol. The van der Waals surface area contributed by atoms with Crippen LogP contribution in [0.1, 0.15) is 12.8 Å². The zero-order valence-corrected chi connectivity index (χ0v) is 12.9. The Morgan fingerprint density at radius 3 is 2.76 bits per heavy atom. The summed E-state index contributed by atoms with van der Waals surface area (Å²) in [6, 6.07) is 7.55. The van der Waals surface area contributed by atoms with Crippen LogP contribution in [0.2, 0.25) is 0 Å². The maximum Gasteiger partial charge on any atom is 0.224 e. The number of anilines is 1. The van der Waals surface area contributed by atoms with Crippen molar-refractivity contribution in [1.82, 2.24) is 10.2 Å². The van der Waals surface area contributed by atoms with Gasteiger partial charge in [-0.1, -0.05) is 0 Å². The standard InChI is InChI=1S/C16H25N3O2/c1-19(2)9-10-21-15-5-3-14(4-6-15)18-16(20)11-13-7-8-17-12-13/h3-6,13,17H,7-12H2,1-2H3,(H,18,20). The molecule has 0 spiro atoms. The molecule has 1 amide bonds. The number of ether oxygens (including phenoxy) is 1. The van der Waals surface area contributed by atoms with E-state index in [1.165, 1.54) is 0 Å². The molecule has 0 aliphatic carbocycles. The molecule has 1 aromatic carbocycles. The van der Waals surface area contributed by atoms with Crippen LogP contribution in [0.3, 0.4) is 0 Å². The Kier molecular flexibility index (Phi) is 6.02. The predicted molar refractivity (Wildman–Crippen MR) is 84.7 cm³/mol. The van der Waals surface area contributed by atoms with Gasteiger partial charge in [0, 0.05) is 18.7 Å². The van der Waals surface area contributed by atoms with Crippen molar-refractivity contribution in [2.45, 2.75) is 12.8 Å². The molecule has 1 aromatic rings. The molecule has 5 nitrogen and oxygen atoms in total. The highest BCUT2D eigenvalue weighted by molar-refractivity contribution is 5.90. The lowest BCUT2D eigenvalue weighted by molar-refractivity contribution is -0.116. The summed E-state index contributed by atoms with van der Waals surface area (Å²) in [5, 5.41) is 6.22. The van der Waals surface area contributed by atoms with Gasteiger partial charge < -0.3 is 20.3 Å². The van der Waals surface area contributed by atoms with Crippen molar-refractivity contribution < 1.29 is 9.53 Å².